The third-order valence-electron chi connectivity index (χ3n) is 6.32. The van der Waals surface area contributed by atoms with E-state index < -0.39 is 11.6 Å². The minimum Gasteiger partial charge on any atom is -0.367 e. The van der Waals surface area contributed by atoms with E-state index in [2.05, 4.69) is 27.5 Å². The minimum atomic E-state index is -0.591. The number of benzene rings is 2. The van der Waals surface area contributed by atoms with Gasteiger partial charge in [0.25, 0.3) is 0 Å². The van der Waals surface area contributed by atoms with Gasteiger partial charge in [-0.25, -0.2) is 13.6 Å². The van der Waals surface area contributed by atoms with Gasteiger partial charge < -0.3 is 20.4 Å². The van der Waals surface area contributed by atoms with Gasteiger partial charge in [-0.05, 0) is 31.2 Å². The molecule has 0 radical (unpaired) electrons. The highest BCUT2D eigenvalue weighted by Gasteiger charge is 2.27. The smallest absolute Gasteiger partial charge is 0.315 e. The van der Waals surface area contributed by atoms with Crippen molar-refractivity contribution in [2.75, 3.05) is 57.8 Å². The highest BCUT2D eigenvalue weighted by atomic mass is 19.1. The second-order valence-corrected chi connectivity index (χ2v) is 8.71. The molecule has 2 unspecified atom stereocenters. The first-order valence-electron chi connectivity index (χ1n) is 11.2. The summed E-state index contributed by atoms with van der Waals surface area (Å²) in [6.45, 7) is 5.84. The zero-order valence-corrected chi connectivity index (χ0v) is 18.4. The van der Waals surface area contributed by atoms with Gasteiger partial charge in [0.05, 0.1) is 11.7 Å². The fraction of sp³-hybridized carbons (Fsp3) is 0.458. The molecule has 2 atom stereocenters. The van der Waals surface area contributed by atoms with Gasteiger partial charge in [-0.3, -0.25) is 4.90 Å². The number of halogens is 2. The third kappa shape index (κ3) is 5.75. The van der Waals surface area contributed by atoms with E-state index in [1.807, 2.05) is 35.2 Å². The predicted molar refractivity (Wildman–Crippen MR) is 122 cm³/mol. The number of hydrogen-bond donors (Lipinski definition) is 2. The van der Waals surface area contributed by atoms with Gasteiger partial charge in [-0.2, -0.15) is 0 Å². The Morgan fingerprint density at radius 1 is 1.06 bits per heavy atom. The van der Waals surface area contributed by atoms with Crippen LogP contribution in [-0.2, 0) is 0 Å². The maximum absolute atomic E-state index is 14.1. The van der Waals surface area contributed by atoms with E-state index >= 15 is 0 Å². The maximum atomic E-state index is 14.1. The summed E-state index contributed by atoms with van der Waals surface area (Å²) in [4.78, 5) is 19.4. The largest absolute Gasteiger partial charge is 0.367 e. The summed E-state index contributed by atoms with van der Waals surface area (Å²) in [5.41, 5.74) is 1.44. The van der Waals surface area contributed by atoms with Gasteiger partial charge in [0.1, 0.15) is 11.6 Å². The summed E-state index contributed by atoms with van der Waals surface area (Å²) < 4.78 is 27.3. The molecule has 8 heteroatoms. The molecular weight excluding hydrogens is 412 g/mol. The number of carbonyl (C=O) groups excluding carboxylic acids is 1. The fourth-order valence-electron chi connectivity index (χ4n) is 4.43. The Hall–Kier alpha value is -2.71. The van der Waals surface area contributed by atoms with Crippen LogP contribution in [0.3, 0.4) is 0 Å². The van der Waals surface area contributed by atoms with Gasteiger partial charge in [-0.1, -0.05) is 30.3 Å². The lowest BCUT2D eigenvalue weighted by atomic mass is 10.1. The molecule has 2 fully saturated rings. The standard InChI is InChI=1S/C24H31F2N5O/c1-29-11-13-30(14-12-29)17-22(18-5-3-2-4-6-18)28-24(32)27-20-9-10-31(16-20)23-8-7-19(25)15-21(23)26/h2-8,15,20,22H,9-14,16-17H2,1H3,(H2,27,28,32). The van der Waals surface area contributed by atoms with Crippen LogP contribution in [0, 0.1) is 11.6 Å². The number of piperazine rings is 1. The summed E-state index contributed by atoms with van der Waals surface area (Å²) in [6, 6.07) is 13.2. The first kappa shape index (κ1) is 22.5. The molecule has 0 aromatic heterocycles. The Kier molecular flexibility index (Phi) is 7.22. The van der Waals surface area contributed by atoms with E-state index in [-0.39, 0.29) is 18.1 Å². The highest BCUT2D eigenvalue weighted by Crippen LogP contribution is 2.24. The second kappa shape index (κ2) is 10.3. The number of likely N-dealkylation sites (N-methyl/N-ethyl adjacent to an activating group) is 1. The fourth-order valence-corrected chi connectivity index (χ4v) is 4.43. The lowest BCUT2D eigenvalue weighted by Gasteiger charge is -2.35. The molecule has 2 aliphatic heterocycles. The molecule has 2 aliphatic rings. The van der Waals surface area contributed by atoms with Crippen LogP contribution in [0.2, 0.25) is 0 Å². The molecule has 172 valence electrons. The average Bonchev–Trinajstić information content (AvgIpc) is 3.23. The summed E-state index contributed by atoms with van der Waals surface area (Å²) in [6.07, 6.45) is 0.707. The first-order valence-corrected chi connectivity index (χ1v) is 11.2. The minimum absolute atomic E-state index is 0.0977. The van der Waals surface area contributed by atoms with Crippen molar-refractivity contribution in [2.45, 2.75) is 18.5 Å². The van der Waals surface area contributed by atoms with Crippen molar-refractivity contribution in [3.8, 4) is 0 Å². The van der Waals surface area contributed by atoms with E-state index in [9.17, 15) is 13.6 Å². The van der Waals surface area contributed by atoms with Crippen LogP contribution < -0.4 is 15.5 Å². The van der Waals surface area contributed by atoms with Crippen molar-refractivity contribution in [1.82, 2.24) is 20.4 Å². The first-order chi connectivity index (χ1) is 15.5. The zero-order chi connectivity index (χ0) is 22.5. The zero-order valence-electron chi connectivity index (χ0n) is 18.4. The van der Waals surface area contributed by atoms with Crippen LogP contribution in [-0.4, -0.2) is 74.7 Å². The van der Waals surface area contributed by atoms with E-state index in [4.69, 9.17) is 0 Å². The molecule has 2 heterocycles. The molecule has 6 nitrogen and oxygen atoms in total. The number of nitrogens with one attached hydrogen (secondary N) is 2. The molecule has 2 aromatic carbocycles. The normalized spacial score (nSPS) is 20.8. The van der Waals surface area contributed by atoms with E-state index in [0.29, 0.717) is 25.2 Å². The van der Waals surface area contributed by atoms with Gasteiger partial charge in [0, 0.05) is 57.9 Å². The number of urea groups is 1. The molecular formula is C24H31F2N5O. The SMILES string of the molecule is CN1CCN(CC(NC(=O)NC2CCN(c3ccc(F)cc3F)C2)c2ccccc2)CC1. The Balaban J connectivity index is 1.35. The predicted octanol–water partition coefficient (Wildman–Crippen LogP) is 2.83. The van der Waals surface area contributed by atoms with Crippen molar-refractivity contribution >= 4 is 11.7 Å². The molecule has 0 bridgehead atoms. The van der Waals surface area contributed by atoms with Crippen LogP contribution in [0.5, 0.6) is 0 Å². The number of carbonyl (C=O) groups is 1. The second-order valence-electron chi connectivity index (χ2n) is 8.71. The summed E-state index contributed by atoms with van der Waals surface area (Å²) in [5.74, 6) is -1.17. The van der Waals surface area contributed by atoms with Crippen molar-refractivity contribution in [3.05, 3.63) is 65.7 Å². The van der Waals surface area contributed by atoms with Crippen LogP contribution in [0.1, 0.15) is 18.0 Å². The molecule has 4 rings (SSSR count). The molecule has 0 spiro atoms. The molecule has 2 amide bonds. The van der Waals surface area contributed by atoms with Gasteiger partial charge >= 0.3 is 6.03 Å². The molecule has 0 saturated carbocycles. The van der Waals surface area contributed by atoms with Crippen molar-refractivity contribution in [2.24, 2.45) is 0 Å². The van der Waals surface area contributed by atoms with Crippen LogP contribution in [0.4, 0.5) is 19.3 Å². The molecule has 2 saturated heterocycles. The van der Waals surface area contributed by atoms with Gasteiger partial charge in [-0.15, -0.1) is 0 Å². The summed E-state index contributed by atoms with van der Waals surface area (Å²) in [7, 11) is 2.13. The van der Waals surface area contributed by atoms with Crippen LogP contribution in [0.25, 0.3) is 0 Å². The van der Waals surface area contributed by atoms with E-state index in [1.54, 1.807) is 0 Å². The Morgan fingerprint density at radius 2 is 1.81 bits per heavy atom. The molecule has 2 N–H and O–H groups in total. The van der Waals surface area contributed by atoms with Crippen molar-refractivity contribution < 1.29 is 13.6 Å². The summed E-state index contributed by atoms with van der Waals surface area (Å²) >= 11 is 0. The van der Waals surface area contributed by atoms with E-state index in [0.717, 1.165) is 44.4 Å². The number of rotatable bonds is 6. The number of amides is 2. The number of hydrogen-bond acceptors (Lipinski definition) is 4. The molecule has 32 heavy (non-hydrogen) atoms. The lowest BCUT2D eigenvalue weighted by Crippen LogP contribution is -2.50. The van der Waals surface area contributed by atoms with E-state index in [1.165, 1.54) is 12.1 Å². The monoisotopic (exact) mass is 443 g/mol. The quantitative estimate of drug-likeness (QED) is 0.721. The average molecular weight is 444 g/mol. The van der Waals surface area contributed by atoms with Gasteiger partial charge in [0.15, 0.2) is 0 Å². The Labute approximate surface area is 188 Å². The highest BCUT2D eigenvalue weighted by molar-refractivity contribution is 5.75. The topological polar surface area (TPSA) is 50.9 Å². The molecule has 2 aromatic rings. The van der Waals surface area contributed by atoms with Crippen LogP contribution >= 0.6 is 0 Å². The third-order valence-corrected chi connectivity index (χ3v) is 6.32. The van der Waals surface area contributed by atoms with Gasteiger partial charge in [0.2, 0.25) is 0 Å². The number of nitrogens with zero attached hydrogens (tertiary/aromatic N) is 3. The Morgan fingerprint density at radius 3 is 2.53 bits per heavy atom. The lowest BCUT2D eigenvalue weighted by molar-refractivity contribution is 0.142. The van der Waals surface area contributed by atoms with Crippen molar-refractivity contribution in [3.63, 3.8) is 0 Å². The molecule has 0 aliphatic carbocycles. The van der Waals surface area contributed by atoms with Crippen LogP contribution in [0.15, 0.2) is 48.5 Å². The maximum Gasteiger partial charge on any atom is 0.315 e. The summed E-state index contributed by atoms with van der Waals surface area (Å²) in [5, 5.41) is 6.18. The van der Waals surface area contributed by atoms with Crippen molar-refractivity contribution in [1.29, 1.82) is 0 Å². The Bertz CT molecular complexity index is 905. The number of anilines is 1.